The molecule has 1 aliphatic rings. The molecule has 1 rings (SSSR count). The maximum Gasteiger partial charge on any atom is 0.236 e. The van der Waals surface area contributed by atoms with E-state index in [1.165, 1.54) is 0 Å². The van der Waals surface area contributed by atoms with Gasteiger partial charge in [-0.2, -0.15) is 0 Å². The molecule has 0 N–H and O–H groups in total. The number of hydrogen-bond donors (Lipinski definition) is 0. The minimum Gasteiger partial charge on any atom is -0.345 e. The van der Waals surface area contributed by atoms with E-state index >= 15 is 0 Å². The third-order valence-corrected chi connectivity index (χ3v) is 2.21. The van der Waals surface area contributed by atoms with E-state index in [-0.39, 0.29) is 10.7 Å². The van der Waals surface area contributed by atoms with E-state index in [4.69, 9.17) is 0 Å². The van der Waals surface area contributed by atoms with E-state index in [1.54, 1.807) is 4.90 Å². The molecule has 0 spiro atoms. The van der Waals surface area contributed by atoms with Crippen molar-refractivity contribution in [1.82, 2.24) is 4.90 Å². The Bertz CT molecular complexity index is 103. The molecule has 0 aliphatic carbocycles. The predicted octanol–water partition coefficient (Wildman–Crippen LogP) is 0.612. The number of alkyl halides is 1. The van der Waals surface area contributed by atoms with Crippen molar-refractivity contribution in [2.24, 2.45) is 0 Å². The van der Waals surface area contributed by atoms with Gasteiger partial charge in [0.1, 0.15) is 0 Å². The monoisotopic (exact) mass is 177 g/mol. The van der Waals surface area contributed by atoms with Crippen molar-refractivity contribution < 1.29 is 4.79 Å². The summed E-state index contributed by atoms with van der Waals surface area (Å²) >= 11 is 3.25. The Morgan fingerprint density at radius 2 is 2.50 bits per heavy atom. The van der Waals surface area contributed by atoms with E-state index < -0.39 is 0 Å². The largest absolute Gasteiger partial charge is 0.345 e. The SMILES string of the molecule is CN1CC[C@H](Br)C1=O. The fourth-order valence-corrected chi connectivity index (χ4v) is 1.33. The van der Waals surface area contributed by atoms with Crippen LogP contribution in [0.4, 0.5) is 0 Å². The number of amides is 1. The van der Waals surface area contributed by atoms with Gasteiger partial charge in [-0.05, 0) is 6.42 Å². The molecule has 2 nitrogen and oxygen atoms in total. The molecule has 0 aromatic rings. The van der Waals surface area contributed by atoms with Gasteiger partial charge in [0.15, 0.2) is 0 Å². The van der Waals surface area contributed by atoms with Crippen LogP contribution in [0.5, 0.6) is 0 Å². The van der Waals surface area contributed by atoms with Crippen LogP contribution in [0, 0.1) is 0 Å². The smallest absolute Gasteiger partial charge is 0.236 e. The highest BCUT2D eigenvalue weighted by molar-refractivity contribution is 9.10. The average Bonchev–Trinajstić information content (AvgIpc) is 1.98. The van der Waals surface area contributed by atoms with Crippen molar-refractivity contribution in [3.8, 4) is 0 Å². The fraction of sp³-hybridized carbons (Fsp3) is 0.800. The zero-order chi connectivity index (χ0) is 6.15. The Morgan fingerprint density at radius 3 is 2.62 bits per heavy atom. The molecule has 0 bridgehead atoms. The van der Waals surface area contributed by atoms with Gasteiger partial charge in [-0.25, -0.2) is 0 Å². The first kappa shape index (κ1) is 6.08. The van der Waals surface area contributed by atoms with E-state index in [0.717, 1.165) is 13.0 Å². The van der Waals surface area contributed by atoms with Crippen molar-refractivity contribution in [3.63, 3.8) is 0 Å². The van der Waals surface area contributed by atoms with E-state index in [2.05, 4.69) is 15.9 Å². The summed E-state index contributed by atoms with van der Waals surface area (Å²) in [6.45, 7) is 0.898. The number of carbonyl (C=O) groups excluding carboxylic acids is 1. The van der Waals surface area contributed by atoms with Crippen molar-refractivity contribution in [1.29, 1.82) is 0 Å². The molecule has 3 heteroatoms. The molecule has 46 valence electrons. The van der Waals surface area contributed by atoms with Crippen molar-refractivity contribution >= 4 is 21.8 Å². The quantitative estimate of drug-likeness (QED) is 0.497. The van der Waals surface area contributed by atoms with Gasteiger partial charge in [0, 0.05) is 13.6 Å². The number of halogens is 1. The highest BCUT2D eigenvalue weighted by atomic mass is 79.9. The molecular weight excluding hydrogens is 170 g/mol. The molecule has 0 saturated carbocycles. The predicted molar refractivity (Wildman–Crippen MR) is 35.0 cm³/mol. The zero-order valence-electron chi connectivity index (χ0n) is 4.72. The lowest BCUT2D eigenvalue weighted by Crippen LogP contribution is -2.22. The number of rotatable bonds is 0. The van der Waals surface area contributed by atoms with E-state index in [0.29, 0.717) is 0 Å². The Labute approximate surface area is 57.0 Å². The van der Waals surface area contributed by atoms with Gasteiger partial charge in [-0.1, -0.05) is 15.9 Å². The summed E-state index contributed by atoms with van der Waals surface area (Å²) in [6, 6.07) is 0. The van der Waals surface area contributed by atoms with E-state index in [1.807, 2.05) is 7.05 Å². The molecule has 0 radical (unpaired) electrons. The Hall–Kier alpha value is -0.0500. The summed E-state index contributed by atoms with van der Waals surface area (Å²) in [5, 5.41) is 0. The topological polar surface area (TPSA) is 20.3 Å². The van der Waals surface area contributed by atoms with Gasteiger partial charge < -0.3 is 4.90 Å². The fourth-order valence-electron chi connectivity index (χ4n) is 0.780. The molecule has 8 heavy (non-hydrogen) atoms. The summed E-state index contributed by atoms with van der Waals surface area (Å²) in [4.78, 5) is 12.6. The molecule has 1 fully saturated rings. The summed E-state index contributed by atoms with van der Waals surface area (Å²) in [5.74, 6) is 0.213. The number of likely N-dealkylation sites (tertiary alicyclic amines) is 1. The van der Waals surface area contributed by atoms with Gasteiger partial charge in [-0.15, -0.1) is 0 Å². The highest BCUT2D eigenvalue weighted by Crippen LogP contribution is 2.15. The third kappa shape index (κ3) is 0.869. The maximum atomic E-state index is 10.8. The Kier molecular flexibility index (Phi) is 1.56. The average molecular weight is 178 g/mol. The van der Waals surface area contributed by atoms with Crippen LogP contribution in [0.25, 0.3) is 0 Å². The summed E-state index contributed by atoms with van der Waals surface area (Å²) < 4.78 is 0. The van der Waals surface area contributed by atoms with Crippen LogP contribution in [-0.4, -0.2) is 29.2 Å². The molecule has 1 aliphatic heterocycles. The van der Waals surface area contributed by atoms with Crippen molar-refractivity contribution in [2.75, 3.05) is 13.6 Å². The molecule has 1 saturated heterocycles. The van der Waals surface area contributed by atoms with Crippen LogP contribution >= 0.6 is 15.9 Å². The number of nitrogens with zero attached hydrogens (tertiary/aromatic N) is 1. The van der Waals surface area contributed by atoms with Crippen molar-refractivity contribution in [2.45, 2.75) is 11.2 Å². The van der Waals surface area contributed by atoms with Gasteiger partial charge in [0.2, 0.25) is 5.91 Å². The second kappa shape index (κ2) is 2.05. The zero-order valence-corrected chi connectivity index (χ0v) is 6.31. The molecule has 1 atom stereocenters. The second-order valence-corrected chi connectivity index (χ2v) is 3.12. The lowest BCUT2D eigenvalue weighted by molar-refractivity contribution is -0.126. The summed E-state index contributed by atoms with van der Waals surface area (Å²) in [5.41, 5.74) is 0. The Balaban J connectivity index is 2.57. The lowest BCUT2D eigenvalue weighted by Gasteiger charge is -2.04. The van der Waals surface area contributed by atoms with Crippen LogP contribution in [0.2, 0.25) is 0 Å². The minimum absolute atomic E-state index is 0.0903. The first-order chi connectivity index (χ1) is 3.72. The molecule has 0 unspecified atom stereocenters. The molecule has 1 amide bonds. The standard InChI is InChI=1S/C5H8BrNO/c1-7-3-2-4(6)5(7)8/h4H,2-3H2,1H3/t4-/m0/s1. The maximum absolute atomic E-state index is 10.8. The van der Waals surface area contributed by atoms with Crippen LogP contribution in [-0.2, 0) is 4.79 Å². The first-order valence-corrected chi connectivity index (χ1v) is 3.52. The van der Waals surface area contributed by atoms with Gasteiger partial charge in [0.05, 0.1) is 4.83 Å². The lowest BCUT2D eigenvalue weighted by atomic mass is 10.4. The minimum atomic E-state index is 0.0903. The van der Waals surface area contributed by atoms with Crippen LogP contribution < -0.4 is 0 Å². The van der Waals surface area contributed by atoms with E-state index in [9.17, 15) is 4.79 Å². The third-order valence-electron chi connectivity index (χ3n) is 1.36. The first-order valence-electron chi connectivity index (χ1n) is 2.61. The van der Waals surface area contributed by atoms with Crippen molar-refractivity contribution in [3.05, 3.63) is 0 Å². The van der Waals surface area contributed by atoms with Crippen LogP contribution in [0.15, 0.2) is 0 Å². The molecule has 1 heterocycles. The van der Waals surface area contributed by atoms with Gasteiger partial charge in [0.25, 0.3) is 0 Å². The molecule has 0 aromatic heterocycles. The van der Waals surface area contributed by atoms with Gasteiger partial charge in [-0.3, -0.25) is 4.79 Å². The highest BCUT2D eigenvalue weighted by Gasteiger charge is 2.25. The molecule has 0 aromatic carbocycles. The number of carbonyl (C=O) groups is 1. The normalized spacial score (nSPS) is 29.5. The van der Waals surface area contributed by atoms with Crippen LogP contribution in [0.3, 0.4) is 0 Å². The number of hydrogen-bond acceptors (Lipinski definition) is 1. The van der Waals surface area contributed by atoms with Gasteiger partial charge >= 0.3 is 0 Å². The second-order valence-electron chi connectivity index (χ2n) is 2.02. The summed E-state index contributed by atoms with van der Waals surface area (Å²) in [6.07, 6.45) is 0.954. The Morgan fingerprint density at radius 1 is 1.88 bits per heavy atom. The summed E-state index contributed by atoms with van der Waals surface area (Å²) in [7, 11) is 1.82. The van der Waals surface area contributed by atoms with Crippen LogP contribution in [0.1, 0.15) is 6.42 Å². The molecular formula is C5H8BrNO.